The molecule has 164 valence electrons. The SMILES string of the molecule is O=S(=O)(O)O.O=S(=O)(O)O.O=S(=O)(O)O.O=S(=O)(O)O.[NH4+].[NH4+].[O]=[Ti].[O]=[Ti]. The van der Waals surface area contributed by atoms with Gasteiger partial charge in [0.15, 0.2) is 0 Å². The van der Waals surface area contributed by atoms with E-state index in [0.717, 1.165) is 40.8 Å². The van der Waals surface area contributed by atoms with Gasteiger partial charge in [0, 0.05) is 0 Å². The second-order valence-corrected chi connectivity index (χ2v) is 5.37. The molecular formula is H16N2O18S4Ti2+2. The molecule has 0 rings (SSSR count). The first-order chi connectivity index (χ1) is 10.0. The maximum atomic E-state index is 8.74. The van der Waals surface area contributed by atoms with Crippen LogP contribution in [0.3, 0.4) is 0 Å². The number of rotatable bonds is 0. The van der Waals surface area contributed by atoms with Gasteiger partial charge in [0.25, 0.3) is 0 Å². The summed E-state index contributed by atoms with van der Waals surface area (Å²) in [5.74, 6) is 0. The Morgan fingerprint density at radius 3 is 0.346 bits per heavy atom. The minimum absolute atomic E-state index is 0. The molecule has 0 heterocycles. The second-order valence-electron chi connectivity index (χ2n) is 1.79. The van der Waals surface area contributed by atoms with Crippen LogP contribution in [0.25, 0.3) is 0 Å². The third kappa shape index (κ3) is 73000. The first-order valence-corrected chi connectivity index (χ1v) is 10.1. The first kappa shape index (κ1) is 50.3. The summed E-state index contributed by atoms with van der Waals surface area (Å²) in [6.45, 7) is 0. The van der Waals surface area contributed by atoms with Crippen LogP contribution in [0.15, 0.2) is 0 Å². The van der Waals surface area contributed by atoms with Gasteiger partial charge in [-0.1, -0.05) is 0 Å². The van der Waals surface area contributed by atoms with Crippen LogP contribution in [0.5, 0.6) is 0 Å². The monoisotopic (exact) mass is 556 g/mol. The molecule has 0 bridgehead atoms. The van der Waals surface area contributed by atoms with Crippen molar-refractivity contribution in [1.82, 2.24) is 12.3 Å². The van der Waals surface area contributed by atoms with Gasteiger partial charge in [-0.25, -0.2) is 0 Å². The van der Waals surface area contributed by atoms with Crippen molar-refractivity contribution in [3.8, 4) is 0 Å². The molecule has 26 heavy (non-hydrogen) atoms. The van der Waals surface area contributed by atoms with Crippen LogP contribution in [0, 0.1) is 0 Å². The standard InChI is InChI=1S/2H3N.4H2O4S.2O.2Ti/c;;4*1-5(2,3)4;;;;/h2*1H3;4*(H2,1,2,3,4);;;;/p+2. The Morgan fingerprint density at radius 1 is 0.346 bits per heavy atom. The van der Waals surface area contributed by atoms with Gasteiger partial charge in [-0.15, -0.1) is 0 Å². The van der Waals surface area contributed by atoms with E-state index in [2.05, 4.69) is 0 Å². The van der Waals surface area contributed by atoms with Gasteiger partial charge in [-0.05, 0) is 0 Å². The van der Waals surface area contributed by atoms with E-state index in [1.54, 1.807) is 0 Å². The van der Waals surface area contributed by atoms with E-state index in [4.69, 9.17) is 76.7 Å². The number of quaternary nitrogens is 2. The van der Waals surface area contributed by atoms with Crippen LogP contribution < -0.4 is 12.3 Å². The summed E-state index contributed by atoms with van der Waals surface area (Å²) in [5.41, 5.74) is 0. The molecule has 0 fully saturated rings. The summed E-state index contributed by atoms with van der Waals surface area (Å²) in [5, 5.41) is 0. The number of hydrogen-bond acceptors (Lipinski definition) is 10. The zero-order valence-corrected chi connectivity index (χ0v) is 18.7. The van der Waals surface area contributed by atoms with Crippen molar-refractivity contribution < 1.29 is 118 Å². The van der Waals surface area contributed by atoms with Crippen molar-refractivity contribution in [3.05, 3.63) is 0 Å². The Morgan fingerprint density at radius 2 is 0.346 bits per heavy atom. The van der Waals surface area contributed by atoms with Gasteiger partial charge >= 0.3 is 89.1 Å². The molecule has 0 atom stereocenters. The molecule has 0 radical (unpaired) electrons. The van der Waals surface area contributed by atoms with Crippen LogP contribution in [-0.4, -0.2) is 70.1 Å². The molecule has 0 aromatic heterocycles. The molecule has 0 saturated heterocycles. The van der Waals surface area contributed by atoms with Gasteiger partial charge in [-0.3, -0.25) is 36.4 Å². The summed E-state index contributed by atoms with van der Waals surface area (Å²) in [7, 11) is -18.7. The van der Waals surface area contributed by atoms with E-state index in [9.17, 15) is 0 Å². The van der Waals surface area contributed by atoms with E-state index in [1.165, 1.54) is 0 Å². The van der Waals surface area contributed by atoms with Crippen molar-refractivity contribution in [2.75, 3.05) is 0 Å². The Bertz CT molecular complexity index is 515. The van der Waals surface area contributed by atoms with Gasteiger partial charge in [0.05, 0.1) is 0 Å². The zero-order chi connectivity index (χ0) is 22.0. The van der Waals surface area contributed by atoms with E-state index < -0.39 is 41.6 Å². The zero-order valence-electron chi connectivity index (χ0n) is 12.3. The summed E-state index contributed by atoms with van der Waals surface area (Å²) < 4.78 is 143. The molecule has 0 amide bonds. The Balaban J connectivity index is -0.0000000254. The molecule has 16 N–H and O–H groups in total. The molecule has 0 aromatic carbocycles. The fourth-order valence-corrected chi connectivity index (χ4v) is 0. The van der Waals surface area contributed by atoms with Crippen molar-refractivity contribution >= 4 is 41.6 Å². The van der Waals surface area contributed by atoms with Crippen molar-refractivity contribution in [2.24, 2.45) is 0 Å². The quantitative estimate of drug-likeness (QED) is 0.113. The molecule has 26 heteroatoms. The first-order valence-electron chi connectivity index (χ1n) is 3.20. The average molecular weight is 556 g/mol. The maximum absolute atomic E-state index is 8.74. The van der Waals surface area contributed by atoms with E-state index in [1.807, 2.05) is 0 Å². The van der Waals surface area contributed by atoms with Crippen molar-refractivity contribution in [3.63, 3.8) is 0 Å². The topological polar surface area (TPSA) is 406 Å². The molecule has 0 aliphatic rings. The van der Waals surface area contributed by atoms with E-state index in [-0.39, 0.29) is 12.3 Å². The third-order valence-corrected chi connectivity index (χ3v) is 0. The molecule has 0 spiro atoms. The predicted octanol–water partition coefficient (Wildman–Crippen LogP) is -2.10. The Labute approximate surface area is 170 Å². The van der Waals surface area contributed by atoms with Gasteiger partial charge in [0.1, 0.15) is 0 Å². The van der Waals surface area contributed by atoms with Crippen molar-refractivity contribution in [2.45, 2.75) is 0 Å². The second kappa shape index (κ2) is 25.4. The fraction of sp³-hybridized carbons (Fsp3) is 0. The van der Waals surface area contributed by atoms with Gasteiger partial charge in [-0.2, -0.15) is 33.7 Å². The Hall–Kier alpha value is 0.429. The molecule has 0 aliphatic heterocycles. The third-order valence-electron chi connectivity index (χ3n) is 0. The summed E-state index contributed by atoms with van der Waals surface area (Å²) in [6, 6.07) is 0. The molecule has 0 unspecified atom stereocenters. The predicted molar refractivity (Wildman–Crippen MR) is 70.1 cm³/mol. The van der Waals surface area contributed by atoms with E-state index in [0.29, 0.717) is 0 Å². The van der Waals surface area contributed by atoms with Crippen LogP contribution in [0.2, 0.25) is 0 Å². The van der Waals surface area contributed by atoms with Crippen molar-refractivity contribution in [1.29, 1.82) is 0 Å². The minimum atomic E-state index is -4.67. The van der Waals surface area contributed by atoms with Gasteiger partial charge < -0.3 is 12.3 Å². The summed E-state index contributed by atoms with van der Waals surface area (Å²) >= 11 is 1.50. The molecule has 0 aromatic rings. The average Bonchev–Trinajstić information content (AvgIpc) is 2.12. The fourth-order valence-electron chi connectivity index (χ4n) is 0. The van der Waals surface area contributed by atoms with Crippen LogP contribution in [0.4, 0.5) is 0 Å². The van der Waals surface area contributed by atoms with Crippen LogP contribution >= 0.6 is 0 Å². The van der Waals surface area contributed by atoms with Crippen LogP contribution in [-0.2, 0) is 89.1 Å². The normalized spacial score (nSPS) is 9.15. The Kier molecular flexibility index (Phi) is 49.2. The molecule has 0 saturated carbocycles. The molecule has 20 nitrogen and oxygen atoms in total. The van der Waals surface area contributed by atoms with Gasteiger partial charge in [0.2, 0.25) is 0 Å². The number of hydrogen-bond donors (Lipinski definition) is 10. The molecule has 0 aliphatic carbocycles. The molecular weight excluding hydrogens is 540 g/mol. The van der Waals surface area contributed by atoms with E-state index >= 15 is 0 Å². The summed E-state index contributed by atoms with van der Waals surface area (Å²) in [4.78, 5) is 0. The summed E-state index contributed by atoms with van der Waals surface area (Å²) in [6.07, 6.45) is 0. The van der Waals surface area contributed by atoms with Crippen LogP contribution in [0.1, 0.15) is 0 Å².